The number of pyridine rings is 1. The van der Waals surface area contributed by atoms with Gasteiger partial charge in [-0.3, -0.25) is 9.69 Å². The third-order valence-electron chi connectivity index (χ3n) is 3.44. The van der Waals surface area contributed by atoms with Gasteiger partial charge in [0.2, 0.25) is 5.91 Å². The summed E-state index contributed by atoms with van der Waals surface area (Å²) in [4.78, 5) is 18.3. The van der Waals surface area contributed by atoms with E-state index < -0.39 is 0 Å². The number of hydrogen-bond acceptors (Lipinski definition) is 3. The topological polar surface area (TPSA) is 45.2 Å². The van der Waals surface area contributed by atoms with Gasteiger partial charge in [-0.25, -0.2) is 4.98 Å². The van der Waals surface area contributed by atoms with Gasteiger partial charge in [0.25, 0.3) is 0 Å². The molecule has 1 amide bonds. The molecule has 1 aliphatic carbocycles. The van der Waals surface area contributed by atoms with Crippen LogP contribution in [0.15, 0.2) is 18.3 Å². The molecular weight excluding hydrogens is 274 g/mol. The van der Waals surface area contributed by atoms with E-state index in [4.69, 9.17) is 11.6 Å². The fraction of sp³-hybridized carbons (Fsp3) is 0.600. The van der Waals surface area contributed by atoms with Crippen LogP contribution in [0.25, 0.3) is 0 Å². The van der Waals surface area contributed by atoms with Crippen molar-refractivity contribution >= 4 is 23.2 Å². The molecular formula is C15H22ClN3O. The molecule has 110 valence electrons. The minimum atomic E-state index is -0.0180. The summed E-state index contributed by atoms with van der Waals surface area (Å²) in [6.45, 7) is 5.83. The van der Waals surface area contributed by atoms with E-state index in [1.54, 1.807) is 18.3 Å². The van der Waals surface area contributed by atoms with E-state index in [0.29, 0.717) is 29.3 Å². The highest BCUT2D eigenvalue weighted by Gasteiger charge is 2.30. The fourth-order valence-corrected chi connectivity index (χ4v) is 2.27. The molecule has 0 bridgehead atoms. The first-order chi connectivity index (χ1) is 9.56. The molecule has 4 nitrogen and oxygen atoms in total. The van der Waals surface area contributed by atoms with E-state index in [1.807, 2.05) is 0 Å². The van der Waals surface area contributed by atoms with Crippen LogP contribution in [0.4, 0.5) is 5.69 Å². The highest BCUT2D eigenvalue weighted by molar-refractivity contribution is 6.32. The van der Waals surface area contributed by atoms with Crippen LogP contribution in [0.3, 0.4) is 0 Å². The Kier molecular flexibility index (Phi) is 5.38. The van der Waals surface area contributed by atoms with Gasteiger partial charge in [-0.15, -0.1) is 0 Å². The third kappa shape index (κ3) is 4.76. The molecule has 1 aromatic rings. The molecule has 20 heavy (non-hydrogen) atoms. The number of hydrogen-bond donors (Lipinski definition) is 1. The van der Waals surface area contributed by atoms with Gasteiger partial charge >= 0.3 is 0 Å². The molecule has 2 rings (SSSR count). The number of carbonyl (C=O) groups excluding carboxylic acids is 1. The standard InChI is InChI=1S/C15H22ClN3O/c1-11(2)7-9-19(12-5-6-12)10-14(20)18-13-4-3-8-17-15(13)16/h3-4,8,11-12H,5-7,9-10H2,1-2H3,(H,18,20). The second-order valence-corrected chi connectivity index (χ2v) is 6.13. The minimum absolute atomic E-state index is 0.0180. The summed E-state index contributed by atoms with van der Waals surface area (Å²) < 4.78 is 0. The van der Waals surface area contributed by atoms with Crippen LogP contribution >= 0.6 is 11.6 Å². The molecule has 1 saturated carbocycles. The molecule has 1 fully saturated rings. The first kappa shape index (κ1) is 15.3. The van der Waals surface area contributed by atoms with Gasteiger partial charge in [-0.2, -0.15) is 0 Å². The molecule has 0 spiro atoms. The number of rotatable bonds is 7. The summed E-state index contributed by atoms with van der Waals surface area (Å²) >= 11 is 5.94. The van der Waals surface area contributed by atoms with Crippen LogP contribution in [0.5, 0.6) is 0 Å². The Morgan fingerprint density at radius 1 is 1.55 bits per heavy atom. The van der Waals surface area contributed by atoms with Gasteiger partial charge in [0, 0.05) is 12.2 Å². The van der Waals surface area contributed by atoms with Crippen LogP contribution in [0, 0.1) is 5.92 Å². The van der Waals surface area contributed by atoms with Crippen molar-refractivity contribution in [3.05, 3.63) is 23.5 Å². The SMILES string of the molecule is CC(C)CCN(CC(=O)Nc1cccnc1Cl)C1CC1. The minimum Gasteiger partial charge on any atom is -0.322 e. The third-order valence-corrected chi connectivity index (χ3v) is 3.74. The van der Waals surface area contributed by atoms with Crippen molar-refractivity contribution in [2.24, 2.45) is 5.92 Å². The highest BCUT2D eigenvalue weighted by Crippen LogP contribution is 2.27. The number of halogens is 1. The van der Waals surface area contributed by atoms with Crippen LogP contribution in [0.2, 0.25) is 5.15 Å². The maximum Gasteiger partial charge on any atom is 0.238 e. The zero-order valence-electron chi connectivity index (χ0n) is 12.1. The average molecular weight is 296 g/mol. The molecule has 5 heteroatoms. The van der Waals surface area contributed by atoms with Gasteiger partial charge in [-0.1, -0.05) is 25.4 Å². The fourth-order valence-electron chi connectivity index (χ4n) is 2.11. The summed E-state index contributed by atoms with van der Waals surface area (Å²) in [7, 11) is 0. The van der Waals surface area contributed by atoms with E-state index in [-0.39, 0.29) is 5.91 Å². The van der Waals surface area contributed by atoms with E-state index in [1.165, 1.54) is 12.8 Å². The Balaban J connectivity index is 1.87. The van der Waals surface area contributed by atoms with Gasteiger partial charge in [-0.05, 0) is 43.9 Å². The highest BCUT2D eigenvalue weighted by atomic mass is 35.5. The number of carbonyl (C=O) groups is 1. The lowest BCUT2D eigenvalue weighted by molar-refractivity contribution is -0.117. The zero-order chi connectivity index (χ0) is 14.5. The predicted molar refractivity (Wildman–Crippen MR) is 81.9 cm³/mol. The monoisotopic (exact) mass is 295 g/mol. The van der Waals surface area contributed by atoms with Crippen molar-refractivity contribution < 1.29 is 4.79 Å². The van der Waals surface area contributed by atoms with Crippen molar-refractivity contribution in [2.45, 2.75) is 39.2 Å². The molecule has 0 saturated heterocycles. The molecule has 1 N–H and O–H groups in total. The number of amides is 1. The second-order valence-electron chi connectivity index (χ2n) is 5.77. The van der Waals surface area contributed by atoms with Crippen LogP contribution in [-0.2, 0) is 4.79 Å². The number of nitrogens with one attached hydrogen (secondary N) is 1. The van der Waals surface area contributed by atoms with Gasteiger partial charge in [0.15, 0.2) is 5.15 Å². The predicted octanol–water partition coefficient (Wildman–Crippen LogP) is 3.18. The Bertz CT molecular complexity index is 460. The maximum absolute atomic E-state index is 12.1. The molecule has 0 radical (unpaired) electrons. The first-order valence-corrected chi connectivity index (χ1v) is 7.58. The smallest absolute Gasteiger partial charge is 0.238 e. The lowest BCUT2D eigenvalue weighted by Crippen LogP contribution is -2.36. The molecule has 1 aliphatic rings. The number of anilines is 1. The lowest BCUT2D eigenvalue weighted by atomic mass is 10.1. The largest absolute Gasteiger partial charge is 0.322 e. The van der Waals surface area contributed by atoms with Crippen molar-refractivity contribution in [1.29, 1.82) is 0 Å². The summed E-state index contributed by atoms with van der Waals surface area (Å²) in [5, 5.41) is 3.17. The number of aromatic nitrogens is 1. The summed E-state index contributed by atoms with van der Waals surface area (Å²) in [5.74, 6) is 0.641. The van der Waals surface area contributed by atoms with Crippen molar-refractivity contribution in [1.82, 2.24) is 9.88 Å². The van der Waals surface area contributed by atoms with Crippen molar-refractivity contribution in [3.8, 4) is 0 Å². The Labute approximate surface area is 125 Å². The molecule has 0 aliphatic heterocycles. The Morgan fingerprint density at radius 3 is 2.90 bits per heavy atom. The van der Waals surface area contributed by atoms with E-state index >= 15 is 0 Å². The van der Waals surface area contributed by atoms with Gasteiger partial charge in [0.1, 0.15) is 0 Å². The molecule has 0 aromatic carbocycles. The quantitative estimate of drug-likeness (QED) is 0.786. The molecule has 0 unspecified atom stereocenters. The van der Waals surface area contributed by atoms with E-state index in [9.17, 15) is 4.79 Å². The average Bonchev–Trinajstić information content (AvgIpc) is 3.21. The van der Waals surface area contributed by atoms with Crippen molar-refractivity contribution in [2.75, 3.05) is 18.4 Å². The summed E-state index contributed by atoms with van der Waals surface area (Å²) in [5.41, 5.74) is 0.582. The Hall–Kier alpha value is -1.13. The van der Waals surface area contributed by atoms with Crippen LogP contribution < -0.4 is 5.32 Å². The Morgan fingerprint density at radius 2 is 2.30 bits per heavy atom. The number of nitrogens with zero attached hydrogens (tertiary/aromatic N) is 2. The molecule has 1 aromatic heterocycles. The maximum atomic E-state index is 12.1. The molecule has 1 heterocycles. The van der Waals surface area contributed by atoms with E-state index in [2.05, 4.69) is 29.0 Å². The van der Waals surface area contributed by atoms with Crippen LogP contribution in [0.1, 0.15) is 33.1 Å². The first-order valence-electron chi connectivity index (χ1n) is 7.20. The zero-order valence-corrected chi connectivity index (χ0v) is 12.9. The van der Waals surface area contributed by atoms with Crippen LogP contribution in [-0.4, -0.2) is 34.9 Å². The van der Waals surface area contributed by atoms with Crippen molar-refractivity contribution in [3.63, 3.8) is 0 Å². The molecule has 0 atom stereocenters. The summed E-state index contributed by atoms with van der Waals surface area (Å²) in [6.07, 6.45) is 5.15. The normalized spacial score (nSPS) is 14.8. The summed E-state index contributed by atoms with van der Waals surface area (Å²) in [6, 6.07) is 4.12. The lowest BCUT2D eigenvalue weighted by Gasteiger charge is -2.22. The van der Waals surface area contributed by atoms with E-state index in [0.717, 1.165) is 13.0 Å². The van der Waals surface area contributed by atoms with Gasteiger partial charge < -0.3 is 5.32 Å². The van der Waals surface area contributed by atoms with Gasteiger partial charge in [0.05, 0.1) is 12.2 Å². The second kappa shape index (κ2) is 7.04.